The van der Waals surface area contributed by atoms with Gasteiger partial charge in [0.2, 0.25) is 11.8 Å². The summed E-state index contributed by atoms with van der Waals surface area (Å²) in [6, 6.07) is 15.1. The van der Waals surface area contributed by atoms with E-state index in [1.807, 2.05) is 36.4 Å². The number of piperazine rings is 1. The number of hydrogen-bond donors (Lipinski definition) is 1. The van der Waals surface area contributed by atoms with Gasteiger partial charge in [0.25, 0.3) is 5.22 Å². The fraction of sp³-hybridized carbons (Fsp3) is 0.286. The molecule has 0 spiro atoms. The Morgan fingerprint density at radius 1 is 1.13 bits per heavy atom. The van der Waals surface area contributed by atoms with E-state index in [1.54, 1.807) is 12.1 Å². The molecule has 1 aromatic heterocycles. The number of hydrogen-bond acceptors (Lipinski definition) is 7. The molecule has 30 heavy (non-hydrogen) atoms. The van der Waals surface area contributed by atoms with E-state index in [0.29, 0.717) is 16.1 Å². The summed E-state index contributed by atoms with van der Waals surface area (Å²) < 4.78 is 5.64. The number of benzene rings is 2. The van der Waals surface area contributed by atoms with Gasteiger partial charge in [-0.15, -0.1) is 10.2 Å². The molecule has 2 aromatic carbocycles. The fourth-order valence-electron chi connectivity index (χ4n) is 3.22. The van der Waals surface area contributed by atoms with Crippen LogP contribution in [0.15, 0.2) is 58.2 Å². The fourth-order valence-corrected chi connectivity index (χ4v) is 3.98. The lowest BCUT2D eigenvalue weighted by Crippen LogP contribution is -2.44. The van der Waals surface area contributed by atoms with Gasteiger partial charge in [0.15, 0.2) is 0 Å². The molecule has 1 N–H and O–H groups in total. The van der Waals surface area contributed by atoms with Crippen LogP contribution in [0.25, 0.3) is 11.5 Å². The number of halogens is 1. The first-order chi connectivity index (χ1) is 14.6. The highest BCUT2D eigenvalue weighted by molar-refractivity contribution is 7.99. The van der Waals surface area contributed by atoms with E-state index < -0.39 is 0 Å². The van der Waals surface area contributed by atoms with E-state index in [4.69, 9.17) is 16.0 Å². The lowest BCUT2D eigenvalue weighted by molar-refractivity contribution is -0.113. The molecule has 0 bridgehead atoms. The van der Waals surface area contributed by atoms with Crippen molar-refractivity contribution in [2.75, 3.05) is 49.2 Å². The molecule has 2 heterocycles. The zero-order valence-electron chi connectivity index (χ0n) is 16.5. The van der Waals surface area contributed by atoms with Crippen molar-refractivity contribution in [2.45, 2.75) is 5.22 Å². The lowest BCUT2D eigenvalue weighted by atomic mass is 10.2. The van der Waals surface area contributed by atoms with Gasteiger partial charge in [-0.3, -0.25) is 4.79 Å². The van der Waals surface area contributed by atoms with Crippen LogP contribution < -0.4 is 10.2 Å². The highest BCUT2D eigenvalue weighted by atomic mass is 35.5. The van der Waals surface area contributed by atoms with Crippen LogP contribution >= 0.6 is 23.4 Å². The van der Waals surface area contributed by atoms with Crippen molar-refractivity contribution in [3.8, 4) is 11.5 Å². The molecular weight excluding hydrogens is 422 g/mol. The van der Waals surface area contributed by atoms with Gasteiger partial charge in [-0.05, 0) is 37.4 Å². The quantitative estimate of drug-likeness (QED) is 0.579. The number of amides is 1. The van der Waals surface area contributed by atoms with E-state index in [-0.39, 0.29) is 11.7 Å². The predicted molar refractivity (Wildman–Crippen MR) is 120 cm³/mol. The van der Waals surface area contributed by atoms with Crippen molar-refractivity contribution in [3.63, 3.8) is 0 Å². The Morgan fingerprint density at radius 2 is 1.93 bits per heavy atom. The molecule has 156 valence electrons. The van der Waals surface area contributed by atoms with E-state index >= 15 is 0 Å². The Hall–Kier alpha value is -2.55. The van der Waals surface area contributed by atoms with Gasteiger partial charge in [-0.1, -0.05) is 41.6 Å². The molecule has 0 unspecified atom stereocenters. The first-order valence-corrected chi connectivity index (χ1v) is 11.0. The Morgan fingerprint density at radius 3 is 2.73 bits per heavy atom. The molecule has 7 nitrogen and oxygen atoms in total. The second-order valence-corrected chi connectivity index (χ2v) is 8.39. The number of carbonyl (C=O) groups is 1. The second-order valence-electron chi connectivity index (χ2n) is 7.03. The summed E-state index contributed by atoms with van der Waals surface area (Å²) in [7, 11) is 2.12. The van der Waals surface area contributed by atoms with Gasteiger partial charge >= 0.3 is 0 Å². The van der Waals surface area contributed by atoms with Crippen LogP contribution in [-0.4, -0.2) is 60.0 Å². The summed E-state index contributed by atoms with van der Waals surface area (Å²) in [5.74, 6) is 0.429. The van der Waals surface area contributed by atoms with E-state index in [1.165, 1.54) is 11.8 Å². The van der Waals surface area contributed by atoms with Crippen LogP contribution in [0.5, 0.6) is 0 Å². The Labute approximate surface area is 184 Å². The molecule has 0 radical (unpaired) electrons. The Bertz CT molecular complexity index is 1020. The maximum absolute atomic E-state index is 12.5. The number of thioether (sulfide) groups is 1. The standard InChI is InChI=1S/C21H22ClN5O2S/c1-26-9-11-27(12-10-26)18-8-3-2-7-17(18)23-19(28)14-30-21-25-24-20(29-21)15-5-4-6-16(22)13-15/h2-8,13H,9-12,14H2,1H3,(H,23,28). The molecule has 1 aliphatic rings. The van der Waals surface area contributed by atoms with Crippen LogP contribution in [0.1, 0.15) is 0 Å². The monoisotopic (exact) mass is 443 g/mol. The first-order valence-electron chi connectivity index (χ1n) is 9.63. The molecule has 9 heteroatoms. The average molecular weight is 444 g/mol. The van der Waals surface area contributed by atoms with Crippen molar-refractivity contribution in [1.82, 2.24) is 15.1 Å². The van der Waals surface area contributed by atoms with E-state index in [0.717, 1.165) is 43.1 Å². The molecule has 0 atom stereocenters. The summed E-state index contributed by atoms with van der Waals surface area (Å²) in [6.45, 7) is 3.88. The zero-order chi connectivity index (χ0) is 20.9. The summed E-state index contributed by atoms with van der Waals surface area (Å²) >= 11 is 7.21. The molecule has 3 aromatic rings. The lowest BCUT2D eigenvalue weighted by Gasteiger charge is -2.35. The first kappa shape index (κ1) is 20.7. The van der Waals surface area contributed by atoms with Gasteiger partial charge in [-0.2, -0.15) is 0 Å². The summed E-state index contributed by atoms with van der Waals surface area (Å²) in [6.07, 6.45) is 0. The number of nitrogens with one attached hydrogen (secondary N) is 1. The number of para-hydroxylation sites is 2. The maximum Gasteiger partial charge on any atom is 0.277 e. The number of carbonyl (C=O) groups excluding carboxylic acids is 1. The normalized spacial score (nSPS) is 14.7. The third kappa shape index (κ3) is 5.13. The van der Waals surface area contributed by atoms with E-state index in [9.17, 15) is 4.79 Å². The number of aromatic nitrogens is 2. The molecule has 1 saturated heterocycles. The highest BCUT2D eigenvalue weighted by Gasteiger charge is 2.18. The van der Waals surface area contributed by atoms with Crippen LogP contribution in [0, 0.1) is 0 Å². The minimum atomic E-state index is -0.121. The predicted octanol–water partition coefficient (Wildman–Crippen LogP) is 3.87. The summed E-state index contributed by atoms with van der Waals surface area (Å²) in [4.78, 5) is 17.1. The zero-order valence-corrected chi connectivity index (χ0v) is 18.1. The molecule has 0 aliphatic carbocycles. The molecule has 0 saturated carbocycles. The third-order valence-corrected chi connectivity index (χ3v) is 5.88. The third-order valence-electron chi connectivity index (χ3n) is 4.83. The number of rotatable bonds is 6. The van der Waals surface area contributed by atoms with Crippen molar-refractivity contribution in [1.29, 1.82) is 0 Å². The minimum Gasteiger partial charge on any atom is -0.411 e. The molecule has 1 fully saturated rings. The van der Waals surface area contributed by atoms with E-state index in [2.05, 4.69) is 32.4 Å². The van der Waals surface area contributed by atoms with Crippen LogP contribution in [0.3, 0.4) is 0 Å². The second kappa shape index (κ2) is 9.51. The average Bonchev–Trinajstić information content (AvgIpc) is 3.23. The number of anilines is 2. The minimum absolute atomic E-state index is 0.121. The van der Waals surface area contributed by atoms with Gasteiger partial charge in [0.1, 0.15) is 0 Å². The van der Waals surface area contributed by atoms with Gasteiger partial charge in [-0.25, -0.2) is 0 Å². The number of nitrogens with zero attached hydrogens (tertiary/aromatic N) is 4. The van der Waals surface area contributed by atoms with Crippen molar-refractivity contribution < 1.29 is 9.21 Å². The van der Waals surface area contributed by atoms with Crippen molar-refractivity contribution in [2.24, 2.45) is 0 Å². The smallest absolute Gasteiger partial charge is 0.277 e. The van der Waals surface area contributed by atoms with Crippen molar-refractivity contribution >= 4 is 40.6 Å². The maximum atomic E-state index is 12.5. The largest absolute Gasteiger partial charge is 0.411 e. The van der Waals surface area contributed by atoms with Crippen LogP contribution in [0.4, 0.5) is 11.4 Å². The van der Waals surface area contributed by atoms with Gasteiger partial charge in [0.05, 0.1) is 17.1 Å². The molecule has 4 rings (SSSR count). The molecular formula is C21H22ClN5O2S. The summed E-state index contributed by atoms with van der Waals surface area (Å²) in [5, 5.41) is 12.0. The van der Waals surface area contributed by atoms with Crippen LogP contribution in [-0.2, 0) is 4.79 Å². The Balaban J connectivity index is 1.36. The molecule has 1 amide bonds. The van der Waals surface area contributed by atoms with Gasteiger partial charge in [0, 0.05) is 36.8 Å². The number of likely N-dealkylation sites (N-methyl/N-ethyl adjacent to an activating group) is 1. The SMILES string of the molecule is CN1CCN(c2ccccc2NC(=O)CSc2nnc(-c3cccc(Cl)c3)o2)CC1. The highest BCUT2D eigenvalue weighted by Crippen LogP contribution is 2.28. The van der Waals surface area contributed by atoms with Gasteiger partial charge < -0.3 is 19.5 Å². The molecule has 1 aliphatic heterocycles. The van der Waals surface area contributed by atoms with Crippen molar-refractivity contribution in [3.05, 3.63) is 53.6 Å². The van der Waals surface area contributed by atoms with Crippen LogP contribution in [0.2, 0.25) is 5.02 Å². The Kier molecular flexibility index (Phi) is 6.56. The topological polar surface area (TPSA) is 74.5 Å². The summed E-state index contributed by atoms with van der Waals surface area (Å²) in [5.41, 5.74) is 2.61.